The number of pyridine rings is 1. The van der Waals surface area contributed by atoms with Gasteiger partial charge in [-0.25, -0.2) is 0 Å². The Kier molecular flexibility index (Phi) is 4.33. The van der Waals surface area contributed by atoms with Crippen LogP contribution in [-0.2, 0) is 11.3 Å². The molecule has 0 aliphatic heterocycles. The summed E-state index contributed by atoms with van der Waals surface area (Å²) in [6.07, 6.45) is 0. The van der Waals surface area contributed by atoms with Gasteiger partial charge in [0.05, 0.1) is 26.4 Å². The lowest BCUT2D eigenvalue weighted by atomic mass is 10.3. The average Bonchev–Trinajstić information content (AvgIpc) is 2.15. The molecule has 0 aliphatic carbocycles. The van der Waals surface area contributed by atoms with Crippen LogP contribution in [0.15, 0.2) is 16.9 Å². The number of hydrogen-bond acceptors (Lipinski definition) is 4. The van der Waals surface area contributed by atoms with Crippen LogP contribution in [0.3, 0.4) is 0 Å². The molecule has 1 heterocycles. The van der Waals surface area contributed by atoms with Gasteiger partial charge in [0.25, 0.3) is 5.56 Å². The third-order valence-electron chi connectivity index (χ3n) is 1.95. The molecular formula is C10H15NO4. The van der Waals surface area contributed by atoms with Crippen molar-refractivity contribution in [2.45, 2.75) is 13.5 Å². The molecule has 0 aromatic carbocycles. The van der Waals surface area contributed by atoms with Crippen LogP contribution >= 0.6 is 0 Å². The van der Waals surface area contributed by atoms with E-state index in [1.54, 1.807) is 6.92 Å². The molecule has 0 saturated carbocycles. The number of nitrogens with zero attached hydrogens (tertiary/aromatic N) is 1. The van der Waals surface area contributed by atoms with Crippen LogP contribution in [0.5, 0.6) is 5.88 Å². The molecule has 15 heavy (non-hydrogen) atoms. The van der Waals surface area contributed by atoms with Crippen LogP contribution in [-0.4, -0.2) is 34.6 Å². The largest absolute Gasteiger partial charge is 0.494 e. The Hall–Kier alpha value is -1.33. The SMILES string of the molecule is Cc1cc(O)n(CCOCCO)c(=O)c1. The molecule has 0 radical (unpaired) electrons. The molecule has 5 heteroatoms. The maximum Gasteiger partial charge on any atom is 0.253 e. The van der Waals surface area contributed by atoms with E-state index in [4.69, 9.17) is 9.84 Å². The summed E-state index contributed by atoms with van der Waals surface area (Å²) in [4.78, 5) is 11.4. The monoisotopic (exact) mass is 213 g/mol. The molecule has 1 aromatic heterocycles. The van der Waals surface area contributed by atoms with E-state index in [1.807, 2.05) is 0 Å². The number of aromatic nitrogens is 1. The highest BCUT2D eigenvalue weighted by Crippen LogP contribution is 2.07. The van der Waals surface area contributed by atoms with E-state index in [1.165, 1.54) is 16.7 Å². The lowest BCUT2D eigenvalue weighted by Crippen LogP contribution is -2.22. The van der Waals surface area contributed by atoms with Crippen LogP contribution in [0.25, 0.3) is 0 Å². The Morgan fingerprint density at radius 3 is 2.73 bits per heavy atom. The van der Waals surface area contributed by atoms with Crippen molar-refractivity contribution in [3.63, 3.8) is 0 Å². The number of aryl methyl sites for hydroxylation is 1. The van der Waals surface area contributed by atoms with Gasteiger partial charge in [-0.3, -0.25) is 9.36 Å². The van der Waals surface area contributed by atoms with Gasteiger partial charge in [0.1, 0.15) is 0 Å². The Balaban J connectivity index is 2.65. The van der Waals surface area contributed by atoms with Gasteiger partial charge in [-0.05, 0) is 12.5 Å². The Morgan fingerprint density at radius 2 is 2.13 bits per heavy atom. The summed E-state index contributed by atoms with van der Waals surface area (Å²) < 4.78 is 6.23. The van der Waals surface area contributed by atoms with Gasteiger partial charge < -0.3 is 14.9 Å². The lowest BCUT2D eigenvalue weighted by Gasteiger charge is -2.08. The van der Waals surface area contributed by atoms with Gasteiger partial charge in [0.15, 0.2) is 5.88 Å². The molecular weight excluding hydrogens is 198 g/mol. The zero-order valence-corrected chi connectivity index (χ0v) is 8.64. The molecule has 0 unspecified atom stereocenters. The van der Waals surface area contributed by atoms with Crippen LogP contribution in [0.1, 0.15) is 5.56 Å². The average molecular weight is 213 g/mol. The smallest absolute Gasteiger partial charge is 0.253 e. The molecule has 1 aromatic rings. The number of rotatable bonds is 5. The molecule has 0 aliphatic rings. The third-order valence-corrected chi connectivity index (χ3v) is 1.95. The fraction of sp³-hybridized carbons (Fsp3) is 0.500. The Labute approximate surface area is 87.5 Å². The zero-order valence-electron chi connectivity index (χ0n) is 8.64. The van der Waals surface area contributed by atoms with Gasteiger partial charge in [-0.1, -0.05) is 0 Å². The molecule has 0 bridgehead atoms. The highest BCUT2D eigenvalue weighted by molar-refractivity contribution is 5.19. The molecule has 84 valence electrons. The maximum absolute atomic E-state index is 11.4. The quantitative estimate of drug-likeness (QED) is 0.668. The second-order valence-electron chi connectivity index (χ2n) is 3.22. The van der Waals surface area contributed by atoms with E-state index in [0.29, 0.717) is 0 Å². The molecule has 0 fully saturated rings. The first-order valence-corrected chi connectivity index (χ1v) is 4.74. The van der Waals surface area contributed by atoms with Crippen LogP contribution in [0.2, 0.25) is 0 Å². The first-order chi connectivity index (χ1) is 7.15. The summed E-state index contributed by atoms with van der Waals surface area (Å²) in [6, 6.07) is 2.97. The highest BCUT2D eigenvalue weighted by atomic mass is 16.5. The van der Waals surface area contributed by atoms with E-state index in [-0.39, 0.29) is 37.8 Å². The summed E-state index contributed by atoms with van der Waals surface area (Å²) in [5.74, 6) is -0.0624. The molecule has 2 N–H and O–H groups in total. The predicted molar refractivity (Wildman–Crippen MR) is 55.0 cm³/mol. The summed E-state index contributed by atoms with van der Waals surface area (Å²) in [7, 11) is 0. The van der Waals surface area contributed by atoms with Gasteiger partial charge >= 0.3 is 0 Å². The normalized spacial score (nSPS) is 10.5. The van der Waals surface area contributed by atoms with Gasteiger partial charge in [0, 0.05) is 12.1 Å². The number of hydrogen-bond donors (Lipinski definition) is 2. The van der Waals surface area contributed by atoms with Crippen molar-refractivity contribution in [1.82, 2.24) is 4.57 Å². The second kappa shape index (κ2) is 5.53. The van der Waals surface area contributed by atoms with Gasteiger partial charge in [-0.2, -0.15) is 0 Å². The van der Waals surface area contributed by atoms with Crippen LogP contribution in [0.4, 0.5) is 0 Å². The van der Waals surface area contributed by atoms with Crippen molar-refractivity contribution in [2.24, 2.45) is 0 Å². The standard InChI is InChI=1S/C10H15NO4/c1-8-6-9(13)11(10(14)7-8)2-4-15-5-3-12/h6-7,12-13H,2-5H2,1H3. The summed E-state index contributed by atoms with van der Waals surface area (Å²) in [5, 5.41) is 18.0. The summed E-state index contributed by atoms with van der Waals surface area (Å²) in [6.45, 7) is 2.51. The van der Waals surface area contributed by atoms with Crippen LogP contribution in [0, 0.1) is 6.92 Å². The zero-order chi connectivity index (χ0) is 11.3. The number of aliphatic hydroxyl groups excluding tert-OH is 1. The van der Waals surface area contributed by atoms with Crippen molar-refractivity contribution in [2.75, 3.05) is 19.8 Å². The van der Waals surface area contributed by atoms with Crippen molar-refractivity contribution in [3.05, 3.63) is 28.0 Å². The minimum Gasteiger partial charge on any atom is -0.494 e. The summed E-state index contributed by atoms with van der Waals surface area (Å²) >= 11 is 0. The molecule has 0 atom stereocenters. The third kappa shape index (κ3) is 3.38. The summed E-state index contributed by atoms with van der Waals surface area (Å²) in [5.41, 5.74) is 0.477. The Bertz CT molecular complexity index is 372. The lowest BCUT2D eigenvalue weighted by molar-refractivity contribution is 0.0854. The van der Waals surface area contributed by atoms with E-state index < -0.39 is 0 Å². The molecule has 1 rings (SSSR count). The van der Waals surface area contributed by atoms with Gasteiger partial charge in [-0.15, -0.1) is 0 Å². The first kappa shape index (κ1) is 11.7. The number of ether oxygens (including phenoxy) is 1. The van der Waals surface area contributed by atoms with Crippen molar-refractivity contribution < 1.29 is 14.9 Å². The number of aliphatic hydroxyl groups is 1. The van der Waals surface area contributed by atoms with E-state index in [0.717, 1.165) is 5.56 Å². The highest BCUT2D eigenvalue weighted by Gasteiger charge is 2.02. The topological polar surface area (TPSA) is 71.7 Å². The van der Waals surface area contributed by atoms with Crippen molar-refractivity contribution in [3.8, 4) is 5.88 Å². The van der Waals surface area contributed by atoms with Gasteiger partial charge in [0.2, 0.25) is 0 Å². The fourth-order valence-corrected chi connectivity index (χ4v) is 1.26. The van der Waals surface area contributed by atoms with Crippen LogP contribution < -0.4 is 5.56 Å². The fourth-order valence-electron chi connectivity index (χ4n) is 1.26. The molecule has 0 saturated heterocycles. The molecule has 0 amide bonds. The van der Waals surface area contributed by atoms with Crippen molar-refractivity contribution in [1.29, 1.82) is 0 Å². The van der Waals surface area contributed by atoms with E-state index >= 15 is 0 Å². The maximum atomic E-state index is 11.4. The van der Waals surface area contributed by atoms with Crippen molar-refractivity contribution >= 4 is 0 Å². The molecule has 0 spiro atoms. The van der Waals surface area contributed by atoms with E-state index in [2.05, 4.69) is 0 Å². The predicted octanol–water partition coefficient (Wildman–Crippen LogP) is -0.129. The minimum atomic E-state index is -0.250. The molecule has 5 nitrogen and oxygen atoms in total. The second-order valence-corrected chi connectivity index (χ2v) is 3.22. The minimum absolute atomic E-state index is 0.0468. The first-order valence-electron chi connectivity index (χ1n) is 4.74. The number of aromatic hydroxyl groups is 1. The Morgan fingerprint density at radius 1 is 1.40 bits per heavy atom. The van der Waals surface area contributed by atoms with E-state index in [9.17, 15) is 9.90 Å².